The molecule has 3 N–H and O–H groups in total. The molecule has 0 spiro atoms. The van der Waals surface area contributed by atoms with E-state index in [1.807, 2.05) is 0 Å². The zero-order valence-corrected chi connectivity index (χ0v) is 11.6. The Morgan fingerprint density at radius 3 is 2.90 bits per heavy atom. The molecule has 5 nitrogen and oxygen atoms in total. The summed E-state index contributed by atoms with van der Waals surface area (Å²) < 4.78 is 34.7. The third kappa shape index (κ3) is 3.89. The maximum absolute atomic E-state index is 12.4. The molecule has 1 aliphatic heterocycles. The second-order valence-corrected chi connectivity index (χ2v) is 4.88. The van der Waals surface area contributed by atoms with Crippen molar-refractivity contribution in [2.75, 3.05) is 11.9 Å². The number of benzene rings is 1. The van der Waals surface area contributed by atoms with Crippen LogP contribution in [-0.2, 0) is 9.53 Å². The number of aryl methyl sites for hydroxylation is 1. The van der Waals surface area contributed by atoms with Gasteiger partial charge < -0.3 is 20.5 Å². The van der Waals surface area contributed by atoms with E-state index in [0.29, 0.717) is 24.9 Å². The number of hydrogen-bond donors (Lipinski definition) is 2. The summed E-state index contributed by atoms with van der Waals surface area (Å²) in [5, 5.41) is 2.61. The molecule has 1 amide bonds. The second-order valence-electron chi connectivity index (χ2n) is 4.88. The molecule has 0 aliphatic carbocycles. The van der Waals surface area contributed by atoms with Gasteiger partial charge in [0.25, 0.3) is 5.91 Å². The van der Waals surface area contributed by atoms with Gasteiger partial charge in [-0.3, -0.25) is 4.79 Å². The summed E-state index contributed by atoms with van der Waals surface area (Å²) in [5.41, 5.74) is 6.36. The minimum absolute atomic E-state index is 0.0632. The average molecular weight is 300 g/mol. The number of carbonyl (C=O) groups excluding carboxylic acids is 1. The minimum Gasteiger partial charge on any atom is -0.433 e. The van der Waals surface area contributed by atoms with Crippen molar-refractivity contribution < 1.29 is 23.0 Å². The van der Waals surface area contributed by atoms with Crippen LogP contribution in [0, 0.1) is 6.92 Å². The molecule has 1 aromatic rings. The molecule has 0 bridgehead atoms. The van der Waals surface area contributed by atoms with Crippen LogP contribution in [0.4, 0.5) is 14.5 Å². The number of amides is 1. The van der Waals surface area contributed by atoms with Gasteiger partial charge >= 0.3 is 6.61 Å². The molecule has 1 saturated heterocycles. The standard InChI is InChI=1S/C14H18F2N2O3/c1-8-3-2-4-10(21-14(15)16)12(8)18-13(19)11-6-5-9(7-17)20-11/h2-4,9,11,14H,5-7,17H2,1H3,(H,18,19)/t9-,11+/m1/s1. The van der Waals surface area contributed by atoms with Crippen molar-refractivity contribution in [3.63, 3.8) is 0 Å². The molecule has 0 radical (unpaired) electrons. The molecular weight excluding hydrogens is 282 g/mol. The number of nitrogens with one attached hydrogen (secondary N) is 1. The maximum Gasteiger partial charge on any atom is 0.387 e. The van der Waals surface area contributed by atoms with Gasteiger partial charge in [-0.2, -0.15) is 8.78 Å². The number of nitrogens with two attached hydrogens (primary N) is 1. The number of rotatable bonds is 5. The lowest BCUT2D eigenvalue weighted by molar-refractivity contribution is -0.126. The molecule has 1 aliphatic rings. The smallest absolute Gasteiger partial charge is 0.387 e. The van der Waals surface area contributed by atoms with Crippen molar-refractivity contribution in [1.29, 1.82) is 0 Å². The van der Waals surface area contributed by atoms with E-state index in [1.54, 1.807) is 19.1 Å². The van der Waals surface area contributed by atoms with E-state index >= 15 is 0 Å². The summed E-state index contributed by atoms with van der Waals surface area (Å²) in [6.07, 6.45) is 0.528. The molecule has 0 unspecified atom stereocenters. The van der Waals surface area contributed by atoms with E-state index in [1.165, 1.54) is 6.07 Å². The predicted molar refractivity (Wildman–Crippen MR) is 73.4 cm³/mol. The van der Waals surface area contributed by atoms with Crippen LogP contribution >= 0.6 is 0 Å². The molecule has 1 aromatic carbocycles. The molecule has 1 heterocycles. The van der Waals surface area contributed by atoms with E-state index < -0.39 is 12.7 Å². The van der Waals surface area contributed by atoms with Gasteiger partial charge in [0.1, 0.15) is 11.9 Å². The maximum atomic E-state index is 12.4. The van der Waals surface area contributed by atoms with Crippen LogP contribution in [0.1, 0.15) is 18.4 Å². The van der Waals surface area contributed by atoms with E-state index in [-0.39, 0.29) is 23.4 Å². The highest BCUT2D eigenvalue weighted by molar-refractivity contribution is 5.96. The fraction of sp³-hybridized carbons (Fsp3) is 0.500. The third-order valence-electron chi connectivity index (χ3n) is 3.36. The van der Waals surface area contributed by atoms with Crippen LogP contribution in [0.3, 0.4) is 0 Å². The Morgan fingerprint density at radius 2 is 2.29 bits per heavy atom. The number of alkyl halides is 2. The number of hydrogen-bond acceptors (Lipinski definition) is 4. The van der Waals surface area contributed by atoms with Crippen LogP contribution in [0.5, 0.6) is 5.75 Å². The topological polar surface area (TPSA) is 73.6 Å². The van der Waals surface area contributed by atoms with Gasteiger partial charge in [-0.05, 0) is 31.4 Å². The molecule has 21 heavy (non-hydrogen) atoms. The van der Waals surface area contributed by atoms with Crippen LogP contribution in [0.15, 0.2) is 18.2 Å². The molecule has 7 heteroatoms. The van der Waals surface area contributed by atoms with Crippen molar-refractivity contribution >= 4 is 11.6 Å². The summed E-state index contributed by atoms with van der Waals surface area (Å²) >= 11 is 0. The summed E-state index contributed by atoms with van der Waals surface area (Å²) in [5.74, 6) is -0.439. The molecule has 1 fully saturated rings. The SMILES string of the molecule is Cc1cccc(OC(F)F)c1NC(=O)[C@@H]1CC[C@H](CN)O1. The minimum atomic E-state index is -2.95. The van der Waals surface area contributed by atoms with Crippen molar-refractivity contribution in [3.8, 4) is 5.75 Å². The lowest BCUT2D eigenvalue weighted by Crippen LogP contribution is -2.30. The van der Waals surface area contributed by atoms with Crippen LogP contribution in [0.2, 0.25) is 0 Å². The van der Waals surface area contributed by atoms with Crippen molar-refractivity contribution in [1.82, 2.24) is 0 Å². The largest absolute Gasteiger partial charge is 0.433 e. The first-order valence-electron chi connectivity index (χ1n) is 6.72. The van der Waals surface area contributed by atoms with Gasteiger partial charge in [0, 0.05) is 6.54 Å². The monoisotopic (exact) mass is 300 g/mol. The lowest BCUT2D eigenvalue weighted by Gasteiger charge is -2.17. The Labute approximate surface area is 121 Å². The van der Waals surface area contributed by atoms with Crippen LogP contribution < -0.4 is 15.8 Å². The molecule has 2 rings (SSSR count). The lowest BCUT2D eigenvalue weighted by atomic mass is 10.1. The van der Waals surface area contributed by atoms with E-state index in [2.05, 4.69) is 10.1 Å². The molecular formula is C14H18F2N2O3. The number of anilines is 1. The molecule has 116 valence electrons. The van der Waals surface area contributed by atoms with Crippen molar-refractivity contribution in [2.45, 2.75) is 38.6 Å². The molecule has 0 aromatic heterocycles. The van der Waals surface area contributed by atoms with E-state index in [9.17, 15) is 13.6 Å². The Balaban J connectivity index is 2.10. The fourth-order valence-electron chi connectivity index (χ4n) is 2.27. The highest BCUT2D eigenvalue weighted by Crippen LogP contribution is 2.30. The first kappa shape index (κ1) is 15.7. The highest BCUT2D eigenvalue weighted by Gasteiger charge is 2.30. The molecule has 2 atom stereocenters. The Kier molecular flexibility index (Phi) is 5.08. The quantitative estimate of drug-likeness (QED) is 0.873. The second kappa shape index (κ2) is 6.82. The summed E-state index contributed by atoms with van der Waals surface area (Å²) in [6, 6.07) is 4.67. The van der Waals surface area contributed by atoms with Gasteiger partial charge in [0.15, 0.2) is 0 Å². The van der Waals surface area contributed by atoms with E-state index in [4.69, 9.17) is 10.5 Å². The summed E-state index contributed by atoms with van der Waals surface area (Å²) in [6.45, 7) is -0.896. The van der Waals surface area contributed by atoms with Gasteiger partial charge in [-0.15, -0.1) is 0 Å². The van der Waals surface area contributed by atoms with Gasteiger partial charge in [0.2, 0.25) is 0 Å². The van der Waals surface area contributed by atoms with Crippen LogP contribution in [0.25, 0.3) is 0 Å². The van der Waals surface area contributed by atoms with Gasteiger partial charge in [0.05, 0.1) is 11.8 Å². The average Bonchev–Trinajstić information content (AvgIpc) is 2.91. The zero-order chi connectivity index (χ0) is 15.4. The molecule has 0 saturated carbocycles. The summed E-state index contributed by atoms with van der Waals surface area (Å²) in [4.78, 5) is 12.1. The van der Waals surface area contributed by atoms with Gasteiger partial charge in [-0.1, -0.05) is 12.1 Å². The van der Waals surface area contributed by atoms with Crippen LogP contribution in [-0.4, -0.2) is 31.3 Å². The fourth-order valence-corrected chi connectivity index (χ4v) is 2.27. The summed E-state index contributed by atoms with van der Waals surface area (Å²) in [7, 11) is 0. The Bertz CT molecular complexity index is 511. The Hall–Kier alpha value is -1.73. The number of ether oxygens (including phenoxy) is 2. The third-order valence-corrected chi connectivity index (χ3v) is 3.36. The number of halogens is 2. The van der Waals surface area contributed by atoms with E-state index in [0.717, 1.165) is 0 Å². The first-order chi connectivity index (χ1) is 10.0. The van der Waals surface area contributed by atoms with Gasteiger partial charge in [-0.25, -0.2) is 0 Å². The van der Waals surface area contributed by atoms with Crippen molar-refractivity contribution in [3.05, 3.63) is 23.8 Å². The van der Waals surface area contributed by atoms with Crippen molar-refractivity contribution in [2.24, 2.45) is 5.73 Å². The Morgan fingerprint density at radius 1 is 1.52 bits per heavy atom. The number of carbonyl (C=O) groups is 1. The zero-order valence-electron chi connectivity index (χ0n) is 11.6. The number of para-hydroxylation sites is 1. The normalized spacial score (nSPS) is 21.6. The highest BCUT2D eigenvalue weighted by atomic mass is 19.3. The predicted octanol–water partition coefficient (Wildman–Crippen LogP) is 2.04. The first-order valence-corrected chi connectivity index (χ1v) is 6.72.